The maximum absolute atomic E-state index is 13.8. The number of rotatable bonds is 4. The summed E-state index contributed by atoms with van der Waals surface area (Å²) in [7, 11) is 1.26. The van der Waals surface area contributed by atoms with Crippen LogP contribution in [-0.4, -0.2) is 24.6 Å². The van der Waals surface area contributed by atoms with E-state index in [1.165, 1.54) is 13.2 Å². The van der Waals surface area contributed by atoms with E-state index in [4.69, 9.17) is 18.0 Å². The normalized spacial score (nSPS) is 9.82. The lowest BCUT2D eigenvalue weighted by Gasteiger charge is -2.10. The summed E-state index contributed by atoms with van der Waals surface area (Å²) in [5.41, 5.74) is 5.99. The van der Waals surface area contributed by atoms with Gasteiger partial charge in [0, 0.05) is 5.56 Å². The van der Waals surface area contributed by atoms with Crippen molar-refractivity contribution in [3.8, 4) is 0 Å². The number of hydrogen-bond donors (Lipinski definition) is 2. The molecule has 4 nitrogen and oxygen atoms in total. The highest BCUT2D eigenvalue weighted by Gasteiger charge is 2.13. The maximum atomic E-state index is 13.8. The van der Waals surface area contributed by atoms with Gasteiger partial charge < -0.3 is 15.8 Å². The van der Waals surface area contributed by atoms with Crippen LogP contribution in [0.2, 0.25) is 0 Å². The number of anilines is 1. The number of hydrogen-bond acceptors (Lipinski definition) is 4. The van der Waals surface area contributed by atoms with Crippen LogP contribution in [0, 0.1) is 5.82 Å². The fourth-order valence-electron chi connectivity index (χ4n) is 1.12. The second-order valence-electron chi connectivity index (χ2n) is 3.08. The third kappa shape index (κ3) is 3.37. The van der Waals surface area contributed by atoms with Crippen molar-refractivity contribution < 1.29 is 13.9 Å². The van der Waals surface area contributed by atoms with Gasteiger partial charge in [0.2, 0.25) is 0 Å². The van der Waals surface area contributed by atoms with Crippen molar-refractivity contribution in [2.45, 2.75) is 0 Å². The standard InChI is InChI=1S/C10H10BrFN2O2S/c1-16-7(15)4-14-6-3-2-5(10(13)17)8(11)9(6)12/h2-3,14H,4H2,1H3,(H2,13,17). The van der Waals surface area contributed by atoms with Crippen molar-refractivity contribution in [2.75, 3.05) is 19.0 Å². The molecule has 7 heteroatoms. The molecule has 0 aliphatic heterocycles. The first-order valence-electron chi connectivity index (χ1n) is 4.56. The molecule has 0 atom stereocenters. The van der Waals surface area contributed by atoms with E-state index in [0.29, 0.717) is 5.56 Å². The first-order valence-corrected chi connectivity index (χ1v) is 5.76. The highest BCUT2D eigenvalue weighted by Crippen LogP contribution is 2.26. The van der Waals surface area contributed by atoms with Gasteiger partial charge in [-0.2, -0.15) is 0 Å². The second-order valence-corrected chi connectivity index (χ2v) is 4.32. The molecule has 0 bridgehead atoms. The Morgan fingerprint density at radius 1 is 1.65 bits per heavy atom. The number of nitrogens with two attached hydrogens (primary N) is 1. The van der Waals surface area contributed by atoms with E-state index in [1.807, 2.05) is 0 Å². The van der Waals surface area contributed by atoms with Crippen molar-refractivity contribution in [1.29, 1.82) is 0 Å². The summed E-state index contributed by atoms with van der Waals surface area (Å²) in [5.74, 6) is -1.04. The fraction of sp³-hybridized carbons (Fsp3) is 0.200. The number of carbonyl (C=O) groups is 1. The average molecular weight is 321 g/mol. The highest BCUT2D eigenvalue weighted by atomic mass is 79.9. The van der Waals surface area contributed by atoms with Crippen LogP contribution in [0.4, 0.5) is 10.1 Å². The van der Waals surface area contributed by atoms with E-state index in [9.17, 15) is 9.18 Å². The minimum atomic E-state index is -0.556. The van der Waals surface area contributed by atoms with E-state index < -0.39 is 11.8 Å². The summed E-state index contributed by atoms with van der Waals surface area (Å²) in [6.07, 6.45) is 0. The third-order valence-corrected chi connectivity index (χ3v) is 2.99. The Balaban J connectivity index is 2.93. The van der Waals surface area contributed by atoms with Gasteiger partial charge in [0.15, 0.2) is 5.82 Å². The molecule has 0 radical (unpaired) electrons. The van der Waals surface area contributed by atoms with E-state index in [2.05, 4.69) is 26.0 Å². The predicted molar refractivity (Wildman–Crippen MR) is 70.5 cm³/mol. The van der Waals surface area contributed by atoms with Crippen LogP contribution in [-0.2, 0) is 9.53 Å². The molecule has 17 heavy (non-hydrogen) atoms. The molecular formula is C10H10BrFN2O2S. The Kier molecular flexibility index (Phi) is 4.83. The zero-order chi connectivity index (χ0) is 13.0. The molecule has 0 spiro atoms. The summed E-state index contributed by atoms with van der Waals surface area (Å²) in [5, 5.41) is 2.61. The lowest BCUT2D eigenvalue weighted by molar-refractivity contribution is -0.138. The molecule has 0 aliphatic carbocycles. The number of ether oxygens (including phenoxy) is 1. The summed E-state index contributed by atoms with van der Waals surface area (Å²) in [6.45, 7) is -0.119. The van der Waals surface area contributed by atoms with Crippen LogP contribution >= 0.6 is 28.1 Å². The monoisotopic (exact) mass is 320 g/mol. The Morgan fingerprint density at radius 2 is 2.29 bits per heavy atom. The zero-order valence-electron chi connectivity index (χ0n) is 8.92. The average Bonchev–Trinajstić information content (AvgIpc) is 2.30. The minimum absolute atomic E-state index is 0.0929. The van der Waals surface area contributed by atoms with Crippen LogP contribution in [0.5, 0.6) is 0 Å². The molecule has 1 aromatic carbocycles. The van der Waals surface area contributed by atoms with E-state index >= 15 is 0 Å². The zero-order valence-corrected chi connectivity index (χ0v) is 11.3. The molecule has 0 fully saturated rings. The SMILES string of the molecule is COC(=O)CNc1ccc(C(N)=S)c(Br)c1F. The molecule has 0 heterocycles. The van der Waals surface area contributed by atoms with Gasteiger partial charge >= 0.3 is 5.97 Å². The number of carbonyl (C=O) groups excluding carboxylic acids is 1. The summed E-state index contributed by atoms with van der Waals surface area (Å²) in [4.78, 5) is 11.0. The molecule has 0 saturated heterocycles. The van der Waals surface area contributed by atoms with Crippen molar-refractivity contribution in [3.63, 3.8) is 0 Å². The number of benzene rings is 1. The number of methoxy groups -OCH3 is 1. The van der Waals surface area contributed by atoms with Crippen LogP contribution in [0.25, 0.3) is 0 Å². The van der Waals surface area contributed by atoms with Crippen molar-refractivity contribution in [1.82, 2.24) is 0 Å². The van der Waals surface area contributed by atoms with Crippen LogP contribution < -0.4 is 11.1 Å². The number of esters is 1. The van der Waals surface area contributed by atoms with Gasteiger partial charge in [-0.25, -0.2) is 4.39 Å². The number of halogens is 2. The van der Waals surface area contributed by atoms with E-state index in [0.717, 1.165) is 0 Å². The molecular weight excluding hydrogens is 311 g/mol. The van der Waals surface area contributed by atoms with Crippen molar-refractivity contribution in [3.05, 3.63) is 28.0 Å². The Morgan fingerprint density at radius 3 is 2.82 bits per heavy atom. The third-order valence-electron chi connectivity index (χ3n) is 2.00. The smallest absolute Gasteiger partial charge is 0.325 e. The van der Waals surface area contributed by atoms with Crippen LogP contribution in [0.3, 0.4) is 0 Å². The van der Waals surface area contributed by atoms with Gasteiger partial charge in [-0.1, -0.05) is 12.2 Å². The molecule has 1 rings (SSSR count). The largest absolute Gasteiger partial charge is 0.468 e. The Hall–Kier alpha value is -1.21. The molecule has 0 aliphatic rings. The Bertz CT molecular complexity index is 468. The van der Waals surface area contributed by atoms with Crippen molar-refractivity contribution >= 4 is 44.8 Å². The van der Waals surface area contributed by atoms with Gasteiger partial charge in [-0.05, 0) is 28.1 Å². The summed E-state index contributed by atoms with van der Waals surface area (Å²) < 4.78 is 18.4. The quantitative estimate of drug-likeness (QED) is 0.654. The summed E-state index contributed by atoms with van der Waals surface area (Å²) >= 11 is 7.82. The van der Waals surface area contributed by atoms with Gasteiger partial charge in [0.05, 0.1) is 17.3 Å². The number of thiocarbonyl (C=S) groups is 1. The molecule has 0 amide bonds. The topological polar surface area (TPSA) is 64.3 Å². The second kappa shape index (κ2) is 5.92. The highest BCUT2D eigenvalue weighted by molar-refractivity contribution is 9.10. The Labute approximate surface area is 111 Å². The first-order chi connectivity index (χ1) is 7.97. The van der Waals surface area contributed by atoms with Gasteiger partial charge in [-0.3, -0.25) is 4.79 Å². The van der Waals surface area contributed by atoms with E-state index in [1.54, 1.807) is 6.07 Å². The van der Waals surface area contributed by atoms with Crippen LogP contribution in [0.1, 0.15) is 5.56 Å². The lowest BCUT2D eigenvalue weighted by Crippen LogP contribution is -2.17. The predicted octanol–water partition coefficient (Wildman–Crippen LogP) is 1.81. The molecule has 0 saturated carbocycles. The van der Waals surface area contributed by atoms with Gasteiger partial charge in [0.1, 0.15) is 11.5 Å². The first kappa shape index (κ1) is 13.9. The van der Waals surface area contributed by atoms with Gasteiger partial charge in [0.25, 0.3) is 0 Å². The lowest BCUT2D eigenvalue weighted by atomic mass is 10.2. The molecule has 0 aromatic heterocycles. The minimum Gasteiger partial charge on any atom is -0.468 e. The van der Waals surface area contributed by atoms with Crippen LogP contribution in [0.15, 0.2) is 16.6 Å². The molecule has 92 valence electrons. The molecule has 1 aromatic rings. The maximum Gasteiger partial charge on any atom is 0.325 e. The van der Waals surface area contributed by atoms with Gasteiger partial charge in [-0.15, -0.1) is 0 Å². The fourth-order valence-corrected chi connectivity index (χ4v) is 1.98. The summed E-state index contributed by atoms with van der Waals surface area (Å²) in [6, 6.07) is 3.02. The molecule has 0 unspecified atom stereocenters. The van der Waals surface area contributed by atoms with E-state index in [-0.39, 0.29) is 21.7 Å². The molecule has 3 N–H and O–H groups in total. The number of nitrogens with one attached hydrogen (secondary N) is 1. The van der Waals surface area contributed by atoms with Crippen molar-refractivity contribution in [2.24, 2.45) is 5.73 Å².